The first-order valence-corrected chi connectivity index (χ1v) is 5.23. The van der Waals surface area contributed by atoms with E-state index in [1.807, 2.05) is 0 Å². The molecule has 0 saturated carbocycles. The van der Waals surface area contributed by atoms with Crippen LogP contribution in [0, 0.1) is 0 Å². The standard InChI is InChI=1S/C13H14O5/c1-3-6-17-13(15)9-18-11-5-4-10(8-14)7-12(11)16-2/h3-5,7-8H,1,6,9H2,2H3. The van der Waals surface area contributed by atoms with Crippen LogP contribution in [0.3, 0.4) is 0 Å². The van der Waals surface area contributed by atoms with Crippen molar-refractivity contribution in [3.63, 3.8) is 0 Å². The van der Waals surface area contributed by atoms with Gasteiger partial charge in [0.25, 0.3) is 0 Å². The molecule has 0 aliphatic heterocycles. The summed E-state index contributed by atoms with van der Waals surface area (Å²) in [7, 11) is 1.45. The van der Waals surface area contributed by atoms with Gasteiger partial charge in [0.05, 0.1) is 7.11 Å². The highest BCUT2D eigenvalue weighted by atomic mass is 16.6. The predicted molar refractivity (Wildman–Crippen MR) is 65.0 cm³/mol. The van der Waals surface area contributed by atoms with Crippen molar-refractivity contribution in [2.75, 3.05) is 20.3 Å². The molecule has 0 N–H and O–H groups in total. The number of aldehydes is 1. The van der Waals surface area contributed by atoms with Gasteiger partial charge in [0.1, 0.15) is 12.9 Å². The van der Waals surface area contributed by atoms with Gasteiger partial charge >= 0.3 is 5.97 Å². The Morgan fingerprint density at radius 1 is 1.39 bits per heavy atom. The lowest BCUT2D eigenvalue weighted by Crippen LogP contribution is -2.15. The molecule has 96 valence electrons. The van der Waals surface area contributed by atoms with Gasteiger partial charge < -0.3 is 14.2 Å². The number of carbonyl (C=O) groups is 2. The molecule has 18 heavy (non-hydrogen) atoms. The largest absolute Gasteiger partial charge is 0.493 e. The summed E-state index contributed by atoms with van der Waals surface area (Å²) in [4.78, 5) is 21.8. The maximum atomic E-state index is 11.2. The van der Waals surface area contributed by atoms with Crippen molar-refractivity contribution in [2.45, 2.75) is 0 Å². The molecule has 0 fully saturated rings. The third-order valence-electron chi connectivity index (χ3n) is 2.03. The van der Waals surface area contributed by atoms with E-state index in [0.29, 0.717) is 23.3 Å². The second-order valence-electron chi connectivity index (χ2n) is 3.29. The fraction of sp³-hybridized carbons (Fsp3) is 0.231. The Hall–Kier alpha value is -2.30. The summed E-state index contributed by atoms with van der Waals surface area (Å²) >= 11 is 0. The normalized spacial score (nSPS) is 9.39. The molecule has 5 nitrogen and oxygen atoms in total. The van der Waals surface area contributed by atoms with Crippen LogP contribution in [0.25, 0.3) is 0 Å². The molecule has 0 amide bonds. The van der Waals surface area contributed by atoms with E-state index in [-0.39, 0.29) is 13.2 Å². The van der Waals surface area contributed by atoms with Gasteiger partial charge in [-0.05, 0) is 18.2 Å². The van der Waals surface area contributed by atoms with Crippen LogP contribution in [0.5, 0.6) is 11.5 Å². The molecule has 0 bridgehead atoms. The molecule has 1 aromatic rings. The molecule has 5 heteroatoms. The number of benzene rings is 1. The molecule has 0 aliphatic rings. The fourth-order valence-corrected chi connectivity index (χ4v) is 1.21. The third kappa shape index (κ3) is 3.93. The van der Waals surface area contributed by atoms with Crippen LogP contribution in [0.1, 0.15) is 10.4 Å². The van der Waals surface area contributed by atoms with E-state index >= 15 is 0 Å². The SMILES string of the molecule is C=CCOC(=O)COc1ccc(C=O)cc1OC. The summed E-state index contributed by atoms with van der Waals surface area (Å²) < 4.78 is 15.0. The average Bonchev–Trinajstić information content (AvgIpc) is 2.42. The smallest absolute Gasteiger partial charge is 0.344 e. The molecular weight excluding hydrogens is 236 g/mol. The van der Waals surface area contributed by atoms with Gasteiger partial charge in [-0.3, -0.25) is 4.79 Å². The van der Waals surface area contributed by atoms with Gasteiger partial charge in [-0.25, -0.2) is 4.79 Å². The van der Waals surface area contributed by atoms with Crippen LogP contribution in [0.4, 0.5) is 0 Å². The molecule has 0 aliphatic carbocycles. The zero-order valence-corrected chi connectivity index (χ0v) is 10.0. The maximum absolute atomic E-state index is 11.2. The third-order valence-corrected chi connectivity index (χ3v) is 2.03. The molecule has 0 spiro atoms. The maximum Gasteiger partial charge on any atom is 0.344 e. The summed E-state index contributed by atoms with van der Waals surface area (Å²) in [5.74, 6) is 0.256. The number of rotatable bonds is 7. The van der Waals surface area contributed by atoms with Crippen molar-refractivity contribution in [1.29, 1.82) is 0 Å². The molecular formula is C13H14O5. The summed E-state index contributed by atoms with van der Waals surface area (Å²) in [6, 6.07) is 4.65. The predicted octanol–water partition coefficient (Wildman–Crippen LogP) is 1.62. The van der Waals surface area contributed by atoms with Crippen molar-refractivity contribution in [1.82, 2.24) is 0 Å². The highest BCUT2D eigenvalue weighted by Crippen LogP contribution is 2.27. The Labute approximate surface area is 105 Å². The Morgan fingerprint density at radius 3 is 2.78 bits per heavy atom. The minimum atomic E-state index is -0.503. The van der Waals surface area contributed by atoms with E-state index in [2.05, 4.69) is 6.58 Å². The Morgan fingerprint density at radius 2 is 2.17 bits per heavy atom. The van der Waals surface area contributed by atoms with Crippen molar-refractivity contribution < 1.29 is 23.8 Å². The fourth-order valence-electron chi connectivity index (χ4n) is 1.21. The zero-order valence-electron chi connectivity index (χ0n) is 10.0. The van der Waals surface area contributed by atoms with E-state index in [1.165, 1.54) is 19.3 Å². The lowest BCUT2D eigenvalue weighted by molar-refractivity contribution is -0.144. The van der Waals surface area contributed by atoms with E-state index in [4.69, 9.17) is 14.2 Å². The first-order chi connectivity index (χ1) is 8.71. The van der Waals surface area contributed by atoms with Crippen molar-refractivity contribution in [2.24, 2.45) is 0 Å². The van der Waals surface area contributed by atoms with E-state index in [0.717, 1.165) is 0 Å². The van der Waals surface area contributed by atoms with Gasteiger partial charge in [0.2, 0.25) is 0 Å². The van der Waals surface area contributed by atoms with Gasteiger partial charge in [-0.15, -0.1) is 0 Å². The highest BCUT2D eigenvalue weighted by Gasteiger charge is 2.08. The van der Waals surface area contributed by atoms with Crippen molar-refractivity contribution in [3.8, 4) is 11.5 Å². The number of hydrogen-bond donors (Lipinski definition) is 0. The Balaban J connectivity index is 2.63. The topological polar surface area (TPSA) is 61.8 Å². The van der Waals surface area contributed by atoms with E-state index < -0.39 is 5.97 Å². The summed E-state index contributed by atoms with van der Waals surface area (Å²) in [6.45, 7) is 3.34. The van der Waals surface area contributed by atoms with Gasteiger partial charge in [0.15, 0.2) is 18.1 Å². The Bertz CT molecular complexity index is 439. The van der Waals surface area contributed by atoms with Crippen LogP contribution in [0.2, 0.25) is 0 Å². The molecule has 1 aromatic carbocycles. The monoisotopic (exact) mass is 250 g/mol. The minimum Gasteiger partial charge on any atom is -0.493 e. The van der Waals surface area contributed by atoms with Crippen LogP contribution in [0.15, 0.2) is 30.9 Å². The van der Waals surface area contributed by atoms with Crippen LogP contribution < -0.4 is 9.47 Å². The van der Waals surface area contributed by atoms with Crippen LogP contribution in [-0.4, -0.2) is 32.6 Å². The Kier molecular flexibility index (Phi) is 5.44. The number of carbonyl (C=O) groups excluding carboxylic acids is 2. The molecule has 0 aromatic heterocycles. The van der Waals surface area contributed by atoms with E-state index in [9.17, 15) is 9.59 Å². The van der Waals surface area contributed by atoms with Crippen molar-refractivity contribution in [3.05, 3.63) is 36.4 Å². The van der Waals surface area contributed by atoms with Crippen LogP contribution in [-0.2, 0) is 9.53 Å². The lowest BCUT2D eigenvalue weighted by Gasteiger charge is -2.10. The van der Waals surface area contributed by atoms with Gasteiger partial charge in [-0.1, -0.05) is 12.7 Å². The molecule has 1 rings (SSSR count). The molecule has 0 heterocycles. The molecule has 0 atom stereocenters. The second-order valence-corrected chi connectivity index (χ2v) is 3.29. The first kappa shape index (κ1) is 13.8. The quantitative estimate of drug-likeness (QED) is 0.418. The van der Waals surface area contributed by atoms with E-state index in [1.54, 1.807) is 12.1 Å². The van der Waals surface area contributed by atoms with Gasteiger partial charge in [-0.2, -0.15) is 0 Å². The van der Waals surface area contributed by atoms with Crippen LogP contribution >= 0.6 is 0 Å². The minimum absolute atomic E-state index is 0.142. The number of hydrogen-bond acceptors (Lipinski definition) is 5. The van der Waals surface area contributed by atoms with Crippen molar-refractivity contribution >= 4 is 12.3 Å². The summed E-state index contributed by atoms with van der Waals surface area (Å²) in [5.41, 5.74) is 0.466. The average molecular weight is 250 g/mol. The second kappa shape index (κ2) is 7.11. The molecule has 0 unspecified atom stereocenters. The summed E-state index contributed by atoms with van der Waals surface area (Å²) in [6.07, 6.45) is 2.17. The molecule has 0 radical (unpaired) electrons. The number of methoxy groups -OCH3 is 1. The van der Waals surface area contributed by atoms with Gasteiger partial charge in [0, 0.05) is 5.56 Å². The summed E-state index contributed by atoms with van der Waals surface area (Å²) in [5, 5.41) is 0. The zero-order chi connectivity index (χ0) is 13.4. The number of ether oxygens (including phenoxy) is 3. The molecule has 0 saturated heterocycles. The first-order valence-electron chi connectivity index (χ1n) is 5.23. The highest BCUT2D eigenvalue weighted by molar-refractivity contribution is 5.76. The number of esters is 1. The lowest BCUT2D eigenvalue weighted by atomic mass is 10.2.